The molecule has 0 nitrogen and oxygen atoms in total. The summed E-state index contributed by atoms with van der Waals surface area (Å²) in [5.41, 5.74) is 11.7. The standard InChI is InChI=1S/C17H18/c1-10-6-5-7-14-15(10)9-16-13(4)12(3)11(2)8-17(14)16/h5-8H,9H2,1-4H3. The molecule has 3 rings (SSSR count). The van der Waals surface area contributed by atoms with E-state index < -0.39 is 0 Å². The average molecular weight is 222 g/mol. The lowest BCUT2D eigenvalue weighted by Gasteiger charge is -2.11. The van der Waals surface area contributed by atoms with Crippen LogP contribution < -0.4 is 0 Å². The molecule has 0 fully saturated rings. The molecule has 17 heavy (non-hydrogen) atoms. The first kappa shape index (κ1) is 10.6. The molecule has 0 unspecified atom stereocenters. The molecule has 0 aromatic heterocycles. The van der Waals surface area contributed by atoms with Crippen molar-refractivity contribution in [3.63, 3.8) is 0 Å². The van der Waals surface area contributed by atoms with Crippen LogP contribution in [0.15, 0.2) is 24.3 Å². The van der Waals surface area contributed by atoms with Crippen LogP contribution in [0.5, 0.6) is 0 Å². The number of rotatable bonds is 0. The maximum atomic E-state index is 2.36. The molecule has 0 bridgehead atoms. The van der Waals surface area contributed by atoms with Crippen LogP contribution in [-0.2, 0) is 6.42 Å². The van der Waals surface area contributed by atoms with E-state index in [0.29, 0.717) is 0 Å². The van der Waals surface area contributed by atoms with Gasteiger partial charge in [0, 0.05) is 0 Å². The first-order chi connectivity index (χ1) is 8.09. The van der Waals surface area contributed by atoms with Crippen molar-refractivity contribution in [2.24, 2.45) is 0 Å². The second kappa shape index (κ2) is 3.46. The van der Waals surface area contributed by atoms with E-state index in [1.54, 1.807) is 0 Å². The zero-order chi connectivity index (χ0) is 12.2. The van der Waals surface area contributed by atoms with E-state index in [2.05, 4.69) is 52.0 Å². The van der Waals surface area contributed by atoms with Crippen molar-refractivity contribution in [3.8, 4) is 11.1 Å². The maximum Gasteiger partial charge on any atom is -0.000809 e. The summed E-state index contributed by atoms with van der Waals surface area (Å²) in [6.45, 7) is 8.94. The van der Waals surface area contributed by atoms with Crippen LogP contribution in [0.4, 0.5) is 0 Å². The zero-order valence-corrected chi connectivity index (χ0v) is 11.0. The second-order valence-electron chi connectivity index (χ2n) is 5.25. The fourth-order valence-corrected chi connectivity index (χ4v) is 2.97. The van der Waals surface area contributed by atoms with Gasteiger partial charge >= 0.3 is 0 Å². The quantitative estimate of drug-likeness (QED) is 0.525. The van der Waals surface area contributed by atoms with Gasteiger partial charge in [-0.25, -0.2) is 0 Å². The van der Waals surface area contributed by atoms with Crippen LogP contribution in [0.1, 0.15) is 33.4 Å². The molecule has 1 aliphatic rings. The van der Waals surface area contributed by atoms with Crippen LogP contribution in [0.3, 0.4) is 0 Å². The number of hydrogen-bond acceptors (Lipinski definition) is 0. The summed E-state index contributed by atoms with van der Waals surface area (Å²) in [5.74, 6) is 0. The number of benzene rings is 2. The van der Waals surface area contributed by atoms with Gasteiger partial charge in [-0.1, -0.05) is 24.3 Å². The van der Waals surface area contributed by atoms with Crippen molar-refractivity contribution in [1.29, 1.82) is 0 Å². The molecule has 0 amide bonds. The normalized spacial score (nSPS) is 12.5. The Balaban J connectivity index is 2.35. The largest absolute Gasteiger partial charge is 0.0614 e. The third kappa shape index (κ3) is 1.37. The van der Waals surface area contributed by atoms with Crippen LogP contribution in [0, 0.1) is 27.7 Å². The molecule has 0 N–H and O–H groups in total. The van der Waals surface area contributed by atoms with E-state index in [1.165, 1.54) is 44.5 Å². The lowest BCUT2D eigenvalue weighted by Crippen LogP contribution is -1.93. The SMILES string of the molecule is Cc1cc2c(c(C)c1C)Cc1c(C)cccc1-2. The highest BCUT2D eigenvalue weighted by Gasteiger charge is 2.22. The minimum atomic E-state index is 1.12. The van der Waals surface area contributed by atoms with E-state index >= 15 is 0 Å². The van der Waals surface area contributed by atoms with Crippen molar-refractivity contribution in [2.45, 2.75) is 34.1 Å². The highest BCUT2D eigenvalue weighted by molar-refractivity contribution is 5.80. The molecule has 0 heterocycles. The predicted octanol–water partition coefficient (Wildman–Crippen LogP) is 4.49. The Hall–Kier alpha value is -1.56. The van der Waals surface area contributed by atoms with Gasteiger partial charge in [0.25, 0.3) is 0 Å². The Morgan fingerprint density at radius 3 is 2.29 bits per heavy atom. The van der Waals surface area contributed by atoms with Crippen molar-refractivity contribution in [2.75, 3.05) is 0 Å². The van der Waals surface area contributed by atoms with E-state index in [0.717, 1.165) is 6.42 Å². The summed E-state index contributed by atoms with van der Waals surface area (Å²) in [7, 11) is 0. The Morgan fingerprint density at radius 1 is 0.765 bits per heavy atom. The third-order valence-corrected chi connectivity index (χ3v) is 4.35. The van der Waals surface area contributed by atoms with Gasteiger partial charge < -0.3 is 0 Å². The molecule has 0 aliphatic heterocycles. The molecular formula is C17H18. The molecule has 0 saturated carbocycles. The molecule has 86 valence electrons. The molecule has 2 aromatic carbocycles. The third-order valence-electron chi connectivity index (χ3n) is 4.35. The minimum Gasteiger partial charge on any atom is -0.0614 e. The van der Waals surface area contributed by atoms with Gasteiger partial charge in [0.05, 0.1) is 0 Å². The van der Waals surface area contributed by atoms with Gasteiger partial charge in [-0.05, 0) is 78.6 Å². The Bertz CT molecular complexity index is 618. The van der Waals surface area contributed by atoms with E-state index in [-0.39, 0.29) is 0 Å². The van der Waals surface area contributed by atoms with Crippen molar-refractivity contribution < 1.29 is 0 Å². The molecule has 0 saturated heterocycles. The van der Waals surface area contributed by atoms with Gasteiger partial charge in [-0.15, -0.1) is 0 Å². The highest BCUT2D eigenvalue weighted by atomic mass is 14.3. The van der Waals surface area contributed by atoms with E-state index in [4.69, 9.17) is 0 Å². The van der Waals surface area contributed by atoms with Crippen LogP contribution in [0.2, 0.25) is 0 Å². The fraction of sp³-hybridized carbons (Fsp3) is 0.294. The van der Waals surface area contributed by atoms with Gasteiger partial charge in [-0.3, -0.25) is 0 Å². The molecule has 0 atom stereocenters. The van der Waals surface area contributed by atoms with Gasteiger partial charge in [0.2, 0.25) is 0 Å². The average Bonchev–Trinajstić information content (AvgIpc) is 2.67. The van der Waals surface area contributed by atoms with Crippen molar-refractivity contribution in [1.82, 2.24) is 0 Å². The summed E-state index contributed by atoms with van der Waals surface area (Å²) in [6, 6.07) is 9.03. The first-order valence-corrected chi connectivity index (χ1v) is 6.28. The lowest BCUT2D eigenvalue weighted by molar-refractivity contribution is 1.15. The summed E-state index contributed by atoms with van der Waals surface area (Å²) < 4.78 is 0. The van der Waals surface area contributed by atoms with Crippen LogP contribution in [0.25, 0.3) is 11.1 Å². The molecule has 0 heteroatoms. The molecule has 0 spiro atoms. The maximum absolute atomic E-state index is 2.36. The first-order valence-electron chi connectivity index (χ1n) is 6.28. The smallest absolute Gasteiger partial charge is 0.000809 e. The minimum absolute atomic E-state index is 1.12. The monoisotopic (exact) mass is 222 g/mol. The summed E-state index contributed by atoms with van der Waals surface area (Å²) in [5, 5.41) is 0. The predicted molar refractivity (Wildman–Crippen MR) is 73.6 cm³/mol. The highest BCUT2D eigenvalue weighted by Crippen LogP contribution is 2.41. The van der Waals surface area contributed by atoms with Crippen LogP contribution in [-0.4, -0.2) is 0 Å². The summed E-state index contributed by atoms with van der Waals surface area (Å²) >= 11 is 0. The molecule has 0 radical (unpaired) electrons. The van der Waals surface area contributed by atoms with Crippen LogP contribution >= 0.6 is 0 Å². The molecule has 2 aromatic rings. The van der Waals surface area contributed by atoms with Gasteiger partial charge in [0.15, 0.2) is 0 Å². The van der Waals surface area contributed by atoms with E-state index in [9.17, 15) is 0 Å². The van der Waals surface area contributed by atoms with Crippen molar-refractivity contribution in [3.05, 3.63) is 57.6 Å². The number of hydrogen-bond donors (Lipinski definition) is 0. The van der Waals surface area contributed by atoms with E-state index in [1.807, 2.05) is 0 Å². The molecule has 1 aliphatic carbocycles. The second-order valence-corrected chi connectivity index (χ2v) is 5.25. The number of fused-ring (bicyclic) bond motifs is 3. The lowest BCUT2D eigenvalue weighted by atomic mass is 9.94. The van der Waals surface area contributed by atoms with Gasteiger partial charge in [-0.2, -0.15) is 0 Å². The van der Waals surface area contributed by atoms with Crippen molar-refractivity contribution >= 4 is 0 Å². The summed E-state index contributed by atoms with van der Waals surface area (Å²) in [4.78, 5) is 0. The Kier molecular flexibility index (Phi) is 2.16. The zero-order valence-electron chi connectivity index (χ0n) is 11.0. The fourth-order valence-electron chi connectivity index (χ4n) is 2.97. The Labute approximate surface area is 103 Å². The molecular weight excluding hydrogens is 204 g/mol. The van der Waals surface area contributed by atoms with Gasteiger partial charge in [0.1, 0.15) is 0 Å². The Morgan fingerprint density at radius 2 is 1.53 bits per heavy atom. The number of aryl methyl sites for hydroxylation is 2. The topological polar surface area (TPSA) is 0 Å². The summed E-state index contributed by atoms with van der Waals surface area (Å²) in [6.07, 6.45) is 1.12.